The summed E-state index contributed by atoms with van der Waals surface area (Å²) in [6.45, 7) is 2.84. The molecule has 3 aromatic rings. The SMILES string of the molecule is Cc1ccc2ccn(Cc3ncc(Cl)n3C)c2c1. The molecule has 2 heterocycles. The molecule has 0 bridgehead atoms. The first kappa shape index (κ1) is 11.4. The van der Waals surface area contributed by atoms with Crippen molar-refractivity contribution < 1.29 is 0 Å². The highest BCUT2D eigenvalue weighted by Crippen LogP contribution is 2.19. The Morgan fingerprint density at radius 3 is 2.83 bits per heavy atom. The van der Waals surface area contributed by atoms with E-state index in [-0.39, 0.29) is 0 Å². The number of rotatable bonds is 2. The fourth-order valence-electron chi connectivity index (χ4n) is 2.16. The highest BCUT2D eigenvalue weighted by atomic mass is 35.5. The lowest BCUT2D eigenvalue weighted by molar-refractivity contribution is 0.718. The lowest BCUT2D eigenvalue weighted by Gasteiger charge is -2.06. The second kappa shape index (κ2) is 4.18. The van der Waals surface area contributed by atoms with Crippen molar-refractivity contribution >= 4 is 22.5 Å². The first-order valence-corrected chi connectivity index (χ1v) is 6.24. The Bertz CT molecular complexity index is 709. The van der Waals surface area contributed by atoms with Gasteiger partial charge in [0.2, 0.25) is 0 Å². The van der Waals surface area contributed by atoms with Gasteiger partial charge < -0.3 is 9.13 Å². The molecule has 3 rings (SSSR count). The Hall–Kier alpha value is -1.74. The predicted molar refractivity (Wildman–Crippen MR) is 74.0 cm³/mol. The molecule has 0 unspecified atom stereocenters. The van der Waals surface area contributed by atoms with Gasteiger partial charge in [0.1, 0.15) is 11.0 Å². The van der Waals surface area contributed by atoms with Crippen LogP contribution in [0.4, 0.5) is 0 Å². The van der Waals surface area contributed by atoms with E-state index in [4.69, 9.17) is 11.6 Å². The van der Waals surface area contributed by atoms with Gasteiger partial charge in [-0.1, -0.05) is 23.7 Å². The Morgan fingerprint density at radius 1 is 1.28 bits per heavy atom. The molecule has 18 heavy (non-hydrogen) atoms. The minimum absolute atomic E-state index is 0.664. The summed E-state index contributed by atoms with van der Waals surface area (Å²) in [6.07, 6.45) is 3.78. The smallest absolute Gasteiger partial charge is 0.129 e. The Morgan fingerprint density at radius 2 is 2.11 bits per heavy atom. The third kappa shape index (κ3) is 1.81. The molecule has 0 aliphatic rings. The Kier molecular flexibility index (Phi) is 2.63. The molecule has 0 N–H and O–H groups in total. The summed E-state index contributed by atoms with van der Waals surface area (Å²) in [7, 11) is 1.93. The molecule has 0 atom stereocenters. The zero-order valence-corrected chi connectivity index (χ0v) is 11.1. The molecule has 0 saturated heterocycles. The van der Waals surface area contributed by atoms with Crippen LogP contribution in [0.1, 0.15) is 11.4 Å². The van der Waals surface area contributed by atoms with Crippen molar-refractivity contribution in [2.75, 3.05) is 0 Å². The average molecular weight is 260 g/mol. The molecule has 0 radical (unpaired) electrons. The first-order chi connectivity index (χ1) is 8.65. The molecule has 0 amide bonds. The highest BCUT2D eigenvalue weighted by molar-refractivity contribution is 6.29. The van der Waals surface area contributed by atoms with Gasteiger partial charge >= 0.3 is 0 Å². The summed E-state index contributed by atoms with van der Waals surface area (Å²) >= 11 is 6.00. The van der Waals surface area contributed by atoms with Gasteiger partial charge in [0.15, 0.2) is 0 Å². The summed E-state index contributed by atoms with van der Waals surface area (Å²) < 4.78 is 4.10. The van der Waals surface area contributed by atoms with E-state index in [1.165, 1.54) is 16.5 Å². The maximum Gasteiger partial charge on any atom is 0.129 e. The summed E-state index contributed by atoms with van der Waals surface area (Å²) in [5.41, 5.74) is 2.49. The van der Waals surface area contributed by atoms with Crippen molar-refractivity contribution in [3.05, 3.63) is 53.2 Å². The van der Waals surface area contributed by atoms with E-state index in [2.05, 4.69) is 46.9 Å². The van der Waals surface area contributed by atoms with Crippen LogP contribution in [-0.4, -0.2) is 14.1 Å². The minimum Gasteiger partial charge on any atom is -0.340 e. The molecule has 2 aromatic heterocycles. The third-order valence-corrected chi connectivity index (χ3v) is 3.62. The second-order valence-electron chi connectivity index (χ2n) is 4.56. The van der Waals surface area contributed by atoms with E-state index in [0.717, 1.165) is 12.4 Å². The van der Waals surface area contributed by atoms with E-state index >= 15 is 0 Å². The van der Waals surface area contributed by atoms with Crippen LogP contribution >= 0.6 is 11.6 Å². The van der Waals surface area contributed by atoms with Gasteiger partial charge in [-0.05, 0) is 30.0 Å². The van der Waals surface area contributed by atoms with E-state index in [1.807, 2.05) is 11.6 Å². The average Bonchev–Trinajstić information content (AvgIpc) is 2.88. The summed E-state index contributed by atoms with van der Waals surface area (Å²) in [5.74, 6) is 0.957. The molecule has 4 heteroatoms. The van der Waals surface area contributed by atoms with Crippen LogP contribution in [0.3, 0.4) is 0 Å². The number of hydrogen-bond acceptors (Lipinski definition) is 1. The number of aryl methyl sites for hydroxylation is 1. The number of halogens is 1. The monoisotopic (exact) mass is 259 g/mol. The van der Waals surface area contributed by atoms with Crippen molar-refractivity contribution in [2.24, 2.45) is 7.05 Å². The first-order valence-electron chi connectivity index (χ1n) is 5.87. The molecule has 3 nitrogen and oxygen atoms in total. The fraction of sp³-hybridized carbons (Fsp3) is 0.214. The van der Waals surface area contributed by atoms with E-state index in [0.29, 0.717) is 5.15 Å². The number of aromatic nitrogens is 3. The molecular formula is C14H14ClN3. The number of nitrogens with zero attached hydrogens (tertiary/aromatic N) is 3. The molecule has 0 spiro atoms. The van der Waals surface area contributed by atoms with E-state index in [1.54, 1.807) is 6.20 Å². The molecular weight excluding hydrogens is 246 g/mol. The Labute approximate surface area is 111 Å². The standard InChI is InChI=1S/C14H14ClN3/c1-10-3-4-11-5-6-18(12(11)7-10)9-14-16-8-13(15)17(14)2/h3-8H,9H2,1-2H3. The molecule has 0 aliphatic carbocycles. The maximum atomic E-state index is 6.00. The number of benzene rings is 1. The normalized spacial score (nSPS) is 11.3. The summed E-state index contributed by atoms with van der Waals surface area (Å²) in [5, 5.41) is 1.92. The lowest BCUT2D eigenvalue weighted by Crippen LogP contribution is -2.05. The maximum absolute atomic E-state index is 6.00. The van der Waals surface area contributed by atoms with Crippen molar-refractivity contribution in [3.63, 3.8) is 0 Å². The van der Waals surface area contributed by atoms with Crippen LogP contribution in [0.5, 0.6) is 0 Å². The van der Waals surface area contributed by atoms with Crippen molar-refractivity contribution in [2.45, 2.75) is 13.5 Å². The van der Waals surface area contributed by atoms with Crippen molar-refractivity contribution in [3.8, 4) is 0 Å². The minimum atomic E-state index is 0.664. The lowest BCUT2D eigenvalue weighted by atomic mass is 10.2. The van der Waals surface area contributed by atoms with Gasteiger partial charge in [-0.15, -0.1) is 0 Å². The van der Waals surface area contributed by atoms with Crippen molar-refractivity contribution in [1.29, 1.82) is 0 Å². The highest BCUT2D eigenvalue weighted by Gasteiger charge is 2.07. The number of hydrogen-bond donors (Lipinski definition) is 0. The fourth-order valence-corrected chi connectivity index (χ4v) is 2.30. The largest absolute Gasteiger partial charge is 0.340 e. The molecule has 0 fully saturated rings. The van der Waals surface area contributed by atoms with Crippen LogP contribution in [0, 0.1) is 6.92 Å². The van der Waals surface area contributed by atoms with E-state index in [9.17, 15) is 0 Å². The molecule has 92 valence electrons. The topological polar surface area (TPSA) is 22.8 Å². The number of imidazole rings is 1. The van der Waals surface area contributed by atoms with Crippen LogP contribution in [0.25, 0.3) is 10.9 Å². The van der Waals surface area contributed by atoms with Crippen molar-refractivity contribution in [1.82, 2.24) is 14.1 Å². The van der Waals surface area contributed by atoms with Gasteiger partial charge in [-0.25, -0.2) is 4.98 Å². The quantitative estimate of drug-likeness (QED) is 0.692. The zero-order chi connectivity index (χ0) is 12.7. The van der Waals surface area contributed by atoms with Gasteiger partial charge in [0, 0.05) is 18.8 Å². The van der Waals surface area contributed by atoms with Gasteiger partial charge in [-0.2, -0.15) is 0 Å². The molecule has 0 saturated carbocycles. The molecule has 1 aromatic carbocycles. The third-order valence-electron chi connectivity index (χ3n) is 3.27. The zero-order valence-electron chi connectivity index (χ0n) is 10.4. The summed E-state index contributed by atoms with van der Waals surface area (Å²) in [6, 6.07) is 8.59. The van der Waals surface area contributed by atoms with Gasteiger partial charge in [0.05, 0.1) is 12.7 Å². The number of fused-ring (bicyclic) bond motifs is 1. The predicted octanol–water partition coefficient (Wildman–Crippen LogP) is 3.38. The van der Waals surface area contributed by atoms with E-state index < -0.39 is 0 Å². The van der Waals surface area contributed by atoms with Gasteiger partial charge in [0.25, 0.3) is 0 Å². The van der Waals surface area contributed by atoms with Crippen LogP contribution in [0.2, 0.25) is 5.15 Å². The summed E-state index contributed by atoms with van der Waals surface area (Å²) in [4.78, 5) is 4.33. The Balaban J connectivity index is 2.05. The van der Waals surface area contributed by atoms with Crippen LogP contribution in [-0.2, 0) is 13.6 Å². The van der Waals surface area contributed by atoms with Crippen LogP contribution < -0.4 is 0 Å². The van der Waals surface area contributed by atoms with Crippen LogP contribution in [0.15, 0.2) is 36.7 Å². The second-order valence-corrected chi connectivity index (χ2v) is 4.95. The molecule has 0 aliphatic heterocycles. The van der Waals surface area contributed by atoms with Gasteiger partial charge in [-0.3, -0.25) is 0 Å².